The van der Waals surface area contributed by atoms with E-state index < -0.39 is 0 Å². The van der Waals surface area contributed by atoms with Crippen molar-refractivity contribution < 1.29 is 9.59 Å². The number of hydrogen-bond acceptors (Lipinski definition) is 3. The van der Waals surface area contributed by atoms with E-state index in [1.807, 2.05) is 98.8 Å². The highest BCUT2D eigenvalue weighted by molar-refractivity contribution is 5.96. The van der Waals surface area contributed by atoms with E-state index in [1.54, 1.807) is 4.90 Å². The number of nitrogens with zero attached hydrogens (tertiary/aromatic N) is 3. The highest BCUT2D eigenvalue weighted by Crippen LogP contribution is 2.20. The molecule has 0 bridgehead atoms. The Labute approximate surface area is 248 Å². The molecule has 0 radical (unpaired) electrons. The van der Waals surface area contributed by atoms with Crippen LogP contribution in [0.2, 0.25) is 0 Å². The second-order valence-electron chi connectivity index (χ2n) is 11.0. The largest absolute Gasteiger partial charge is 0.378 e. The number of fused-ring (bicyclic) bond motifs is 1. The van der Waals surface area contributed by atoms with Crippen molar-refractivity contribution >= 4 is 28.4 Å². The van der Waals surface area contributed by atoms with Gasteiger partial charge in [-0.05, 0) is 60.4 Å². The Hall–Kier alpha value is -4.84. The summed E-state index contributed by atoms with van der Waals surface area (Å²) in [7, 11) is 4.02. The van der Waals surface area contributed by atoms with Gasteiger partial charge in [0, 0.05) is 62.1 Å². The standard InChI is InChI=1S/C36H38N4O2/c1-27-10-9-13-30(22-27)36(42)40(25-28-11-5-4-6-12-28)26-35(41)39(24-29-16-18-32(19-17-29)38(2)3)21-20-31-23-37-34-15-8-7-14-33(31)34/h4-19,22-23,37H,20-21,24-26H2,1-3H3. The first kappa shape index (κ1) is 28.7. The molecule has 214 valence electrons. The number of aromatic amines is 1. The van der Waals surface area contributed by atoms with Gasteiger partial charge in [0.05, 0.1) is 0 Å². The minimum atomic E-state index is -0.150. The van der Waals surface area contributed by atoms with Gasteiger partial charge in [0.1, 0.15) is 6.54 Å². The molecule has 1 N–H and O–H groups in total. The van der Waals surface area contributed by atoms with Gasteiger partial charge < -0.3 is 19.7 Å². The third-order valence-corrected chi connectivity index (χ3v) is 7.60. The Bertz CT molecular complexity index is 1640. The predicted molar refractivity (Wildman–Crippen MR) is 171 cm³/mol. The summed E-state index contributed by atoms with van der Waals surface area (Å²) in [6.07, 6.45) is 2.73. The van der Waals surface area contributed by atoms with Crippen molar-refractivity contribution in [2.45, 2.75) is 26.4 Å². The van der Waals surface area contributed by atoms with Crippen molar-refractivity contribution in [3.63, 3.8) is 0 Å². The summed E-state index contributed by atoms with van der Waals surface area (Å²) in [5.74, 6) is -0.230. The fraction of sp³-hybridized carbons (Fsp3) is 0.222. The third-order valence-electron chi connectivity index (χ3n) is 7.60. The number of rotatable bonds is 11. The van der Waals surface area contributed by atoms with Crippen LogP contribution in [0, 0.1) is 6.92 Å². The maximum atomic E-state index is 14.1. The number of nitrogens with one attached hydrogen (secondary N) is 1. The van der Waals surface area contributed by atoms with E-state index in [0.717, 1.165) is 27.9 Å². The molecule has 0 spiro atoms. The number of hydrogen-bond donors (Lipinski definition) is 1. The zero-order valence-corrected chi connectivity index (χ0v) is 24.6. The molecule has 5 aromatic rings. The van der Waals surface area contributed by atoms with Crippen molar-refractivity contribution in [2.24, 2.45) is 0 Å². The lowest BCUT2D eigenvalue weighted by atomic mass is 10.1. The SMILES string of the molecule is Cc1cccc(C(=O)N(CC(=O)N(CCc2c[nH]c3ccccc23)Cc2ccc(N(C)C)cc2)Cc2ccccc2)c1. The highest BCUT2D eigenvalue weighted by atomic mass is 16.2. The summed E-state index contributed by atoms with van der Waals surface area (Å²) >= 11 is 0. The third kappa shape index (κ3) is 7.07. The molecule has 0 fully saturated rings. The molecule has 4 aromatic carbocycles. The number of carbonyl (C=O) groups excluding carboxylic acids is 2. The summed E-state index contributed by atoms with van der Waals surface area (Å²) in [5.41, 5.74) is 6.99. The Morgan fingerprint density at radius 3 is 2.17 bits per heavy atom. The van der Waals surface area contributed by atoms with Crippen LogP contribution in [0.3, 0.4) is 0 Å². The molecule has 5 rings (SSSR count). The zero-order chi connectivity index (χ0) is 29.5. The fourth-order valence-electron chi connectivity index (χ4n) is 5.23. The second-order valence-corrected chi connectivity index (χ2v) is 11.0. The first-order chi connectivity index (χ1) is 20.4. The van der Waals surface area contributed by atoms with Gasteiger partial charge in [0.25, 0.3) is 5.91 Å². The molecule has 0 aliphatic carbocycles. The summed E-state index contributed by atoms with van der Waals surface area (Å²) in [5, 5.41) is 1.17. The van der Waals surface area contributed by atoms with Gasteiger partial charge in [-0.25, -0.2) is 0 Å². The van der Waals surface area contributed by atoms with Crippen LogP contribution >= 0.6 is 0 Å². The Morgan fingerprint density at radius 2 is 1.43 bits per heavy atom. The lowest BCUT2D eigenvalue weighted by Gasteiger charge is -2.28. The van der Waals surface area contributed by atoms with Crippen LogP contribution in [0.5, 0.6) is 0 Å². The van der Waals surface area contributed by atoms with Crippen LogP contribution in [0.1, 0.15) is 32.6 Å². The van der Waals surface area contributed by atoms with Crippen molar-refractivity contribution in [3.05, 3.63) is 137 Å². The number of H-pyrrole nitrogens is 1. The monoisotopic (exact) mass is 558 g/mol. The highest BCUT2D eigenvalue weighted by Gasteiger charge is 2.23. The van der Waals surface area contributed by atoms with Crippen LogP contribution < -0.4 is 4.90 Å². The van der Waals surface area contributed by atoms with Gasteiger partial charge in [-0.3, -0.25) is 9.59 Å². The summed E-state index contributed by atoms with van der Waals surface area (Å²) in [6.45, 7) is 3.32. The van der Waals surface area contributed by atoms with Crippen LogP contribution in [0.15, 0.2) is 109 Å². The van der Waals surface area contributed by atoms with E-state index in [0.29, 0.717) is 31.6 Å². The summed E-state index contributed by atoms with van der Waals surface area (Å²) in [4.78, 5) is 36.8. The second kappa shape index (κ2) is 13.2. The van der Waals surface area contributed by atoms with Crippen molar-refractivity contribution in [1.82, 2.24) is 14.8 Å². The van der Waals surface area contributed by atoms with E-state index in [-0.39, 0.29) is 18.4 Å². The molecule has 2 amide bonds. The first-order valence-electron chi connectivity index (χ1n) is 14.4. The number of aryl methyl sites for hydroxylation is 1. The van der Waals surface area contributed by atoms with E-state index in [1.165, 1.54) is 10.9 Å². The molecule has 6 nitrogen and oxygen atoms in total. The Kier molecular flexibility index (Phi) is 9.02. The lowest BCUT2D eigenvalue weighted by molar-refractivity contribution is -0.132. The number of benzene rings is 4. The molecule has 42 heavy (non-hydrogen) atoms. The van der Waals surface area contributed by atoms with Gasteiger partial charge in [0.2, 0.25) is 5.91 Å². The van der Waals surface area contributed by atoms with E-state index in [4.69, 9.17) is 0 Å². The molecule has 0 unspecified atom stereocenters. The van der Waals surface area contributed by atoms with E-state index in [9.17, 15) is 9.59 Å². The number of anilines is 1. The summed E-state index contributed by atoms with van der Waals surface area (Å²) < 4.78 is 0. The van der Waals surface area contributed by atoms with Gasteiger partial charge in [-0.15, -0.1) is 0 Å². The maximum Gasteiger partial charge on any atom is 0.254 e. The molecule has 0 saturated heterocycles. The molecule has 0 aliphatic rings. The topological polar surface area (TPSA) is 59.7 Å². The average Bonchev–Trinajstić information content (AvgIpc) is 3.42. The van der Waals surface area contributed by atoms with Gasteiger partial charge in [-0.1, -0.05) is 78.4 Å². The van der Waals surface area contributed by atoms with Gasteiger partial charge in [-0.2, -0.15) is 0 Å². The first-order valence-corrected chi connectivity index (χ1v) is 14.4. The molecule has 0 atom stereocenters. The van der Waals surface area contributed by atoms with Crippen molar-refractivity contribution in [2.75, 3.05) is 32.1 Å². The molecule has 0 aliphatic heterocycles. The minimum absolute atomic E-state index is 0.00860. The summed E-state index contributed by atoms with van der Waals surface area (Å²) in [6, 6.07) is 33.9. The van der Waals surface area contributed by atoms with Crippen LogP contribution in [-0.4, -0.2) is 53.8 Å². The predicted octanol–water partition coefficient (Wildman–Crippen LogP) is 6.46. The van der Waals surface area contributed by atoms with E-state index in [2.05, 4.69) is 46.3 Å². The van der Waals surface area contributed by atoms with Crippen LogP contribution in [0.4, 0.5) is 5.69 Å². The smallest absolute Gasteiger partial charge is 0.254 e. The minimum Gasteiger partial charge on any atom is -0.378 e. The van der Waals surface area contributed by atoms with Crippen LogP contribution in [0.25, 0.3) is 10.9 Å². The molecular formula is C36H38N4O2. The average molecular weight is 559 g/mol. The quantitative estimate of drug-likeness (QED) is 0.203. The maximum absolute atomic E-state index is 14.1. The number of amides is 2. The molecule has 6 heteroatoms. The lowest BCUT2D eigenvalue weighted by Crippen LogP contribution is -2.43. The molecule has 0 saturated carbocycles. The van der Waals surface area contributed by atoms with Gasteiger partial charge >= 0.3 is 0 Å². The van der Waals surface area contributed by atoms with E-state index >= 15 is 0 Å². The number of carbonyl (C=O) groups is 2. The Morgan fingerprint density at radius 1 is 0.738 bits per heavy atom. The zero-order valence-electron chi connectivity index (χ0n) is 24.6. The normalized spacial score (nSPS) is 10.9. The van der Waals surface area contributed by atoms with Crippen LogP contribution in [-0.2, 0) is 24.3 Å². The Balaban J connectivity index is 1.40. The van der Waals surface area contributed by atoms with Crippen molar-refractivity contribution in [1.29, 1.82) is 0 Å². The molecule has 1 aromatic heterocycles. The number of aromatic nitrogens is 1. The van der Waals surface area contributed by atoms with Gasteiger partial charge in [0.15, 0.2) is 0 Å². The number of para-hydroxylation sites is 1. The van der Waals surface area contributed by atoms with Crippen molar-refractivity contribution in [3.8, 4) is 0 Å². The molecular weight excluding hydrogens is 520 g/mol. The fourth-order valence-corrected chi connectivity index (χ4v) is 5.23. The molecule has 1 heterocycles.